The van der Waals surface area contributed by atoms with Crippen molar-refractivity contribution in [3.8, 4) is 0 Å². The monoisotopic (exact) mass is 364 g/mol. The third-order valence-electron chi connectivity index (χ3n) is 1.99. The average Bonchev–Trinajstić information content (AvgIpc) is 2.30. The zero-order valence-corrected chi connectivity index (χ0v) is 11.9. The zero-order valence-electron chi connectivity index (χ0n) is 8.73. The second-order valence-electron chi connectivity index (χ2n) is 3.24. The Morgan fingerprint density at radius 1 is 1.41 bits per heavy atom. The molecule has 7 heteroatoms. The van der Waals surface area contributed by atoms with Crippen LogP contribution in [0.3, 0.4) is 0 Å². The number of carbonyl (C=O) groups excluding carboxylic acids is 1. The van der Waals surface area contributed by atoms with Crippen LogP contribution in [0.4, 0.5) is 11.4 Å². The molecule has 0 spiro atoms. The molecule has 0 saturated carbocycles. The van der Waals surface area contributed by atoms with E-state index in [1.807, 2.05) is 0 Å². The summed E-state index contributed by atoms with van der Waals surface area (Å²) in [6, 6.07) is 5.71. The number of amides is 1. The van der Waals surface area contributed by atoms with Gasteiger partial charge in [0.25, 0.3) is 5.69 Å². The fraction of sp³-hybridized carbons (Fsp3) is 0.300. The van der Waals surface area contributed by atoms with E-state index in [4.69, 9.17) is 0 Å². The van der Waals surface area contributed by atoms with Crippen molar-refractivity contribution >= 4 is 49.1 Å². The highest BCUT2D eigenvalue weighted by molar-refractivity contribution is 9.10. The van der Waals surface area contributed by atoms with Gasteiger partial charge in [-0.05, 0) is 18.6 Å². The molecule has 17 heavy (non-hydrogen) atoms. The van der Waals surface area contributed by atoms with Gasteiger partial charge in [-0.2, -0.15) is 0 Å². The molecule has 0 aliphatic rings. The minimum absolute atomic E-state index is 0.00107. The molecule has 1 aromatic rings. The van der Waals surface area contributed by atoms with Gasteiger partial charge >= 0.3 is 0 Å². The van der Waals surface area contributed by atoms with E-state index in [9.17, 15) is 14.9 Å². The molecule has 92 valence electrons. The summed E-state index contributed by atoms with van der Waals surface area (Å²) in [7, 11) is 0. The van der Waals surface area contributed by atoms with Crippen LogP contribution in [-0.2, 0) is 4.79 Å². The van der Waals surface area contributed by atoms with E-state index in [0.29, 0.717) is 12.1 Å². The Kier molecular flexibility index (Phi) is 5.57. The quantitative estimate of drug-likeness (QED) is 0.495. The van der Waals surface area contributed by atoms with Gasteiger partial charge < -0.3 is 5.32 Å². The molecular weight excluding hydrogens is 356 g/mol. The summed E-state index contributed by atoms with van der Waals surface area (Å²) in [4.78, 5) is 21.3. The molecular formula is C10H10Br2N2O3. The van der Waals surface area contributed by atoms with Gasteiger partial charge in [-0.25, -0.2) is 0 Å². The van der Waals surface area contributed by atoms with Crippen molar-refractivity contribution in [1.29, 1.82) is 0 Å². The number of nitro groups is 1. The first-order valence-electron chi connectivity index (χ1n) is 4.80. The van der Waals surface area contributed by atoms with E-state index >= 15 is 0 Å². The number of rotatable bonds is 5. The lowest BCUT2D eigenvalue weighted by molar-refractivity contribution is -0.384. The first-order valence-corrected chi connectivity index (χ1v) is 6.83. The maximum atomic E-state index is 11.6. The summed E-state index contributed by atoms with van der Waals surface area (Å²) in [5, 5.41) is 13.8. The molecule has 0 aliphatic carbocycles. The maximum Gasteiger partial charge on any atom is 0.269 e. The molecule has 1 aromatic carbocycles. The van der Waals surface area contributed by atoms with Crippen molar-refractivity contribution in [2.24, 2.45) is 0 Å². The van der Waals surface area contributed by atoms with E-state index < -0.39 is 4.92 Å². The molecule has 1 N–H and O–H groups in total. The second-order valence-corrected chi connectivity index (χ2v) is 5.14. The molecule has 0 heterocycles. The third kappa shape index (κ3) is 4.43. The van der Waals surface area contributed by atoms with E-state index in [0.717, 1.165) is 5.33 Å². The van der Waals surface area contributed by atoms with Crippen molar-refractivity contribution in [3.05, 3.63) is 34.4 Å². The van der Waals surface area contributed by atoms with Crippen molar-refractivity contribution in [2.45, 2.75) is 11.2 Å². The summed E-state index contributed by atoms with van der Waals surface area (Å²) in [5.41, 5.74) is 0.540. The van der Waals surface area contributed by atoms with Crippen LogP contribution in [0.2, 0.25) is 0 Å². The highest BCUT2D eigenvalue weighted by Crippen LogP contribution is 2.17. The molecule has 0 radical (unpaired) electrons. The van der Waals surface area contributed by atoms with Crippen molar-refractivity contribution < 1.29 is 9.72 Å². The normalized spacial score (nSPS) is 11.9. The number of hydrogen-bond acceptors (Lipinski definition) is 3. The Morgan fingerprint density at radius 3 is 2.47 bits per heavy atom. The molecule has 0 aromatic heterocycles. The number of halogens is 2. The van der Waals surface area contributed by atoms with Gasteiger partial charge in [-0.1, -0.05) is 31.9 Å². The Morgan fingerprint density at radius 2 is 2.00 bits per heavy atom. The van der Waals surface area contributed by atoms with Crippen LogP contribution < -0.4 is 5.32 Å². The van der Waals surface area contributed by atoms with Crippen molar-refractivity contribution in [1.82, 2.24) is 0 Å². The molecule has 5 nitrogen and oxygen atoms in total. The van der Waals surface area contributed by atoms with Crippen LogP contribution in [0.15, 0.2) is 24.3 Å². The Balaban J connectivity index is 2.63. The number of anilines is 1. The molecule has 1 rings (SSSR count). The lowest BCUT2D eigenvalue weighted by atomic mass is 10.2. The summed E-state index contributed by atoms with van der Waals surface area (Å²) in [6.07, 6.45) is 0.665. The number of nitrogens with one attached hydrogen (secondary N) is 1. The SMILES string of the molecule is O=C(Nc1ccc([N+](=O)[O-])cc1)C(Br)CCBr. The molecule has 1 amide bonds. The van der Waals surface area contributed by atoms with Crippen molar-refractivity contribution in [3.63, 3.8) is 0 Å². The lowest BCUT2D eigenvalue weighted by Crippen LogP contribution is -2.23. The molecule has 0 aliphatic heterocycles. The van der Waals surface area contributed by atoms with E-state index in [1.54, 1.807) is 0 Å². The number of carbonyl (C=O) groups is 1. The zero-order chi connectivity index (χ0) is 12.8. The topological polar surface area (TPSA) is 72.2 Å². The minimum atomic E-state index is -0.482. The standard InChI is InChI=1S/C10H10Br2N2O3/c11-6-5-9(12)10(15)13-7-1-3-8(4-2-7)14(16)17/h1-4,9H,5-6H2,(H,13,15). The Labute approximate surface area is 115 Å². The number of alkyl halides is 2. The van der Waals surface area contributed by atoms with Crippen LogP contribution in [0.1, 0.15) is 6.42 Å². The number of hydrogen-bond donors (Lipinski definition) is 1. The van der Waals surface area contributed by atoms with E-state index in [1.165, 1.54) is 24.3 Å². The smallest absolute Gasteiger partial charge is 0.269 e. The molecule has 0 bridgehead atoms. The summed E-state index contributed by atoms with van der Waals surface area (Å²) < 4.78 is 0. The van der Waals surface area contributed by atoms with Crippen LogP contribution in [0.5, 0.6) is 0 Å². The van der Waals surface area contributed by atoms with E-state index in [2.05, 4.69) is 37.2 Å². The second kappa shape index (κ2) is 6.70. The predicted molar refractivity (Wildman–Crippen MR) is 72.9 cm³/mol. The van der Waals surface area contributed by atoms with Crippen molar-refractivity contribution in [2.75, 3.05) is 10.6 Å². The molecule has 0 saturated heterocycles. The first-order chi connectivity index (χ1) is 8.04. The Bertz CT molecular complexity index is 409. The highest BCUT2D eigenvalue weighted by atomic mass is 79.9. The number of benzene rings is 1. The highest BCUT2D eigenvalue weighted by Gasteiger charge is 2.14. The van der Waals surface area contributed by atoms with Crippen LogP contribution >= 0.6 is 31.9 Å². The minimum Gasteiger partial charge on any atom is -0.325 e. The molecule has 1 atom stereocenters. The van der Waals surface area contributed by atoms with Crippen LogP contribution in [-0.4, -0.2) is 21.0 Å². The van der Waals surface area contributed by atoms with Gasteiger partial charge in [-0.15, -0.1) is 0 Å². The first kappa shape index (κ1) is 14.1. The Hall–Kier alpha value is -0.950. The van der Waals surface area contributed by atoms with Gasteiger partial charge in [0.15, 0.2) is 0 Å². The third-order valence-corrected chi connectivity index (χ3v) is 3.32. The predicted octanol–water partition coefficient (Wildman–Crippen LogP) is 3.08. The molecule has 0 fully saturated rings. The number of non-ortho nitro benzene ring substituents is 1. The maximum absolute atomic E-state index is 11.6. The fourth-order valence-electron chi connectivity index (χ4n) is 1.11. The average molecular weight is 366 g/mol. The summed E-state index contributed by atoms with van der Waals surface area (Å²) in [6.45, 7) is 0. The van der Waals surface area contributed by atoms with Gasteiger partial charge in [0.1, 0.15) is 0 Å². The summed E-state index contributed by atoms with van der Waals surface area (Å²) >= 11 is 6.49. The van der Waals surface area contributed by atoms with Gasteiger partial charge in [0.05, 0.1) is 9.75 Å². The lowest BCUT2D eigenvalue weighted by Gasteiger charge is -2.09. The fourth-order valence-corrected chi connectivity index (χ4v) is 2.53. The van der Waals surface area contributed by atoms with Gasteiger partial charge in [0.2, 0.25) is 5.91 Å². The van der Waals surface area contributed by atoms with Crippen LogP contribution in [0.25, 0.3) is 0 Å². The van der Waals surface area contributed by atoms with Gasteiger partial charge in [-0.3, -0.25) is 14.9 Å². The number of nitrogens with zero attached hydrogens (tertiary/aromatic N) is 1. The van der Waals surface area contributed by atoms with Crippen LogP contribution in [0, 0.1) is 10.1 Å². The van der Waals surface area contributed by atoms with E-state index in [-0.39, 0.29) is 16.4 Å². The summed E-state index contributed by atoms with van der Waals surface area (Å²) in [5.74, 6) is -0.168. The van der Waals surface area contributed by atoms with Gasteiger partial charge in [0, 0.05) is 23.2 Å². The largest absolute Gasteiger partial charge is 0.325 e. The molecule has 1 unspecified atom stereocenters. The number of nitro benzene ring substituents is 1.